The molecule has 0 saturated heterocycles. The third-order valence-corrected chi connectivity index (χ3v) is 8.91. The normalized spacial score (nSPS) is 21.0. The van der Waals surface area contributed by atoms with E-state index in [1.165, 1.54) is 24.3 Å². The van der Waals surface area contributed by atoms with Gasteiger partial charge in [0, 0.05) is 6.07 Å². The van der Waals surface area contributed by atoms with E-state index in [1.54, 1.807) is 0 Å². The van der Waals surface area contributed by atoms with Crippen LogP contribution in [0.1, 0.15) is 31.7 Å². The first-order chi connectivity index (χ1) is 18.8. The molecule has 1 aliphatic heterocycles. The highest BCUT2D eigenvalue weighted by molar-refractivity contribution is 7.92. The summed E-state index contributed by atoms with van der Waals surface area (Å²) in [6, 6.07) is 10.9. The smallest absolute Gasteiger partial charge is 0.416 e. The number of fused-ring (bicyclic) bond motifs is 1. The van der Waals surface area contributed by atoms with Gasteiger partial charge in [-0.3, -0.25) is 4.31 Å². The number of nitrogens with zero attached hydrogens (tertiary/aromatic N) is 1. The molecule has 1 heterocycles. The van der Waals surface area contributed by atoms with E-state index in [1.807, 2.05) is 0 Å². The van der Waals surface area contributed by atoms with Crippen molar-refractivity contribution >= 4 is 15.7 Å². The summed E-state index contributed by atoms with van der Waals surface area (Å²) in [6.07, 6.45) is -2.79. The Bertz CT molecular complexity index is 1500. The van der Waals surface area contributed by atoms with Gasteiger partial charge in [0.1, 0.15) is 23.4 Å². The van der Waals surface area contributed by atoms with Crippen molar-refractivity contribution in [3.63, 3.8) is 0 Å². The lowest BCUT2D eigenvalue weighted by Crippen LogP contribution is -2.45. The molecule has 3 aromatic rings. The highest BCUT2D eigenvalue weighted by Gasteiger charge is 2.39. The summed E-state index contributed by atoms with van der Waals surface area (Å²) in [4.78, 5) is -0.546. The SMILES string of the molecule is CC1CC(CC2CN(S(=O)(=O)c3cccc(C(F)(F)F)c3)c3cc(-c4cc(F)cc(OC(F)F)c4)ccc3O2)C1. The molecule has 2 aliphatic rings. The minimum Gasteiger partial charge on any atom is -0.486 e. The Kier molecular flexibility index (Phi) is 7.41. The molecule has 0 amide bonds. The molecule has 1 unspecified atom stereocenters. The average Bonchev–Trinajstić information content (AvgIpc) is 2.86. The fraction of sp³-hybridized carbons (Fsp3) is 0.357. The number of ether oxygens (including phenoxy) is 2. The van der Waals surface area contributed by atoms with E-state index in [2.05, 4.69) is 11.7 Å². The topological polar surface area (TPSA) is 55.8 Å². The van der Waals surface area contributed by atoms with Gasteiger partial charge in [0.05, 0.1) is 22.7 Å². The van der Waals surface area contributed by atoms with Crippen molar-refractivity contribution in [1.82, 2.24) is 0 Å². The molecular formula is C28H25F6NO4S. The lowest BCUT2D eigenvalue weighted by molar-refractivity contribution is -0.137. The lowest BCUT2D eigenvalue weighted by Gasteiger charge is -2.40. The van der Waals surface area contributed by atoms with Crippen molar-refractivity contribution in [2.24, 2.45) is 11.8 Å². The standard InChI is InChI=1S/C28H25F6NO4S/c1-16-7-17(8-16)9-23-15-35(40(36,37)24-4-2-3-20(13-24)28(32,33)34)25-12-18(5-6-26(25)38-23)19-10-21(29)14-22(11-19)39-27(30)31/h2-6,10-14,16-17,23,27H,7-9,15H2,1H3. The molecular weight excluding hydrogens is 560 g/mol. The monoisotopic (exact) mass is 585 g/mol. The molecule has 0 radical (unpaired) electrons. The molecule has 5 nitrogen and oxygen atoms in total. The summed E-state index contributed by atoms with van der Waals surface area (Å²) >= 11 is 0. The van der Waals surface area contributed by atoms with Crippen LogP contribution in [0.5, 0.6) is 11.5 Å². The fourth-order valence-corrected chi connectivity index (χ4v) is 6.88. The number of anilines is 1. The minimum absolute atomic E-state index is 0.0359. The van der Waals surface area contributed by atoms with Crippen LogP contribution in [0.15, 0.2) is 65.6 Å². The molecule has 12 heteroatoms. The Morgan fingerprint density at radius 2 is 1.77 bits per heavy atom. The molecule has 0 bridgehead atoms. The van der Waals surface area contributed by atoms with Crippen molar-refractivity contribution in [2.75, 3.05) is 10.8 Å². The first kappa shape index (κ1) is 28.1. The predicted molar refractivity (Wildman–Crippen MR) is 135 cm³/mol. The molecule has 5 rings (SSSR count). The summed E-state index contributed by atoms with van der Waals surface area (Å²) in [5, 5.41) is 0. The molecule has 1 atom stereocenters. The number of sulfonamides is 1. The van der Waals surface area contributed by atoms with Crippen molar-refractivity contribution < 1.29 is 44.2 Å². The second-order valence-corrected chi connectivity index (χ2v) is 12.1. The number of rotatable bonds is 7. The van der Waals surface area contributed by atoms with Gasteiger partial charge in [-0.1, -0.05) is 19.1 Å². The predicted octanol–water partition coefficient (Wildman–Crippen LogP) is 7.51. The number of hydrogen-bond donors (Lipinski definition) is 0. The molecule has 214 valence electrons. The number of halogens is 6. The lowest BCUT2D eigenvalue weighted by atomic mass is 9.73. The van der Waals surface area contributed by atoms with Gasteiger partial charge in [-0.15, -0.1) is 0 Å². The fourth-order valence-electron chi connectivity index (χ4n) is 5.34. The Hall–Kier alpha value is -3.41. The van der Waals surface area contributed by atoms with Crippen LogP contribution in [0.3, 0.4) is 0 Å². The Balaban J connectivity index is 1.57. The van der Waals surface area contributed by atoms with E-state index >= 15 is 0 Å². The third kappa shape index (κ3) is 5.86. The number of hydrogen-bond acceptors (Lipinski definition) is 4. The van der Waals surface area contributed by atoms with Gasteiger partial charge in [0.15, 0.2) is 0 Å². The van der Waals surface area contributed by atoms with Gasteiger partial charge in [-0.2, -0.15) is 22.0 Å². The van der Waals surface area contributed by atoms with Crippen LogP contribution in [0, 0.1) is 17.7 Å². The van der Waals surface area contributed by atoms with Crippen LogP contribution in [0.4, 0.5) is 32.0 Å². The summed E-state index contributed by atoms with van der Waals surface area (Å²) in [7, 11) is -4.50. The van der Waals surface area contributed by atoms with E-state index < -0.39 is 50.9 Å². The molecule has 0 aromatic heterocycles. The van der Waals surface area contributed by atoms with Crippen molar-refractivity contribution in [3.05, 3.63) is 72.0 Å². The van der Waals surface area contributed by atoms with Crippen LogP contribution >= 0.6 is 0 Å². The highest BCUT2D eigenvalue weighted by Crippen LogP contribution is 2.44. The van der Waals surface area contributed by atoms with Crippen LogP contribution in [-0.2, 0) is 16.2 Å². The van der Waals surface area contributed by atoms with E-state index in [0.717, 1.165) is 47.5 Å². The molecule has 3 aromatic carbocycles. The van der Waals surface area contributed by atoms with E-state index in [-0.39, 0.29) is 29.1 Å². The van der Waals surface area contributed by atoms with Crippen molar-refractivity contribution in [2.45, 2.75) is 50.0 Å². The second kappa shape index (κ2) is 10.5. The van der Waals surface area contributed by atoms with Crippen LogP contribution in [-0.4, -0.2) is 27.7 Å². The van der Waals surface area contributed by atoms with Gasteiger partial charge in [-0.05, 0) is 84.7 Å². The van der Waals surface area contributed by atoms with E-state index in [9.17, 15) is 34.8 Å². The molecule has 1 fully saturated rings. The first-order valence-electron chi connectivity index (χ1n) is 12.6. The average molecular weight is 586 g/mol. The Labute approximate surface area is 227 Å². The maximum atomic E-state index is 14.2. The molecule has 40 heavy (non-hydrogen) atoms. The highest BCUT2D eigenvalue weighted by atomic mass is 32.2. The minimum atomic E-state index is -4.75. The van der Waals surface area contributed by atoms with Gasteiger partial charge in [-0.25, -0.2) is 12.8 Å². The summed E-state index contributed by atoms with van der Waals surface area (Å²) in [5.41, 5.74) is -0.687. The summed E-state index contributed by atoms with van der Waals surface area (Å²) in [5.74, 6) is -0.214. The van der Waals surface area contributed by atoms with Crippen LogP contribution in [0.2, 0.25) is 0 Å². The van der Waals surface area contributed by atoms with Crippen LogP contribution in [0.25, 0.3) is 11.1 Å². The number of alkyl halides is 5. The molecule has 1 saturated carbocycles. The zero-order valence-corrected chi connectivity index (χ0v) is 22.0. The zero-order valence-electron chi connectivity index (χ0n) is 21.2. The van der Waals surface area contributed by atoms with Crippen molar-refractivity contribution in [1.29, 1.82) is 0 Å². The van der Waals surface area contributed by atoms with Gasteiger partial charge in [0.2, 0.25) is 0 Å². The molecule has 1 aliphatic carbocycles. The Morgan fingerprint density at radius 3 is 2.45 bits per heavy atom. The Morgan fingerprint density at radius 1 is 1.02 bits per heavy atom. The largest absolute Gasteiger partial charge is 0.486 e. The number of benzene rings is 3. The van der Waals surface area contributed by atoms with Gasteiger partial charge in [0.25, 0.3) is 10.0 Å². The van der Waals surface area contributed by atoms with Gasteiger partial charge >= 0.3 is 12.8 Å². The quantitative estimate of drug-likeness (QED) is 0.270. The first-order valence-corrected chi connectivity index (χ1v) is 14.0. The molecule has 0 N–H and O–H groups in total. The summed E-state index contributed by atoms with van der Waals surface area (Å²) in [6.45, 7) is -1.22. The maximum absolute atomic E-state index is 14.2. The zero-order chi connectivity index (χ0) is 28.8. The third-order valence-electron chi connectivity index (χ3n) is 7.14. The molecule has 0 spiro atoms. The van der Waals surface area contributed by atoms with Crippen LogP contribution < -0.4 is 13.8 Å². The van der Waals surface area contributed by atoms with Crippen molar-refractivity contribution in [3.8, 4) is 22.6 Å². The summed E-state index contributed by atoms with van der Waals surface area (Å²) < 4.78 is 119. The van der Waals surface area contributed by atoms with E-state index in [0.29, 0.717) is 24.3 Å². The van der Waals surface area contributed by atoms with E-state index in [4.69, 9.17) is 4.74 Å². The van der Waals surface area contributed by atoms with Gasteiger partial charge < -0.3 is 9.47 Å². The second-order valence-electron chi connectivity index (χ2n) is 10.2. The maximum Gasteiger partial charge on any atom is 0.416 e.